The van der Waals surface area contributed by atoms with Gasteiger partial charge < -0.3 is 10.4 Å². The van der Waals surface area contributed by atoms with Gasteiger partial charge in [0.05, 0.1) is 11.3 Å². The highest BCUT2D eigenvalue weighted by atomic mass is 79.9. The molecule has 0 aliphatic heterocycles. The van der Waals surface area contributed by atoms with Gasteiger partial charge in [0.15, 0.2) is 0 Å². The van der Waals surface area contributed by atoms with Gasteiger partial charge in [0, 0.05) is 22.8 Å². The van der Waals surface area contributed by atoms with Gasteiger partial charge in [-0.2, -0.15) is 0 Å². The molecule has 0 aromatic heterocycles. The zero-order valence-corrected chi connectivity index (χ0v) is 12.4. The largest absolute Gasteiger partial charge is 0.478 e. The number of benzene rings is 1. The number of nitrogens with one attached hydrogen (secondary N) is 1. The van der Waals surface area contributed by atoms with Crippen molar-refractivity contribution in [2.45, 2.75) is 6.42 Å². The minimum atomic E-state index is -3.20. The smallest absolute Gasteiger partial charge is 0.336 e. The van der Waals surface area contributed by atoms with Crippen LogP contribution in [0.5, 0.6) is 0 Å². The topological polar surface area (TPSA) is 101 Å². The third-order valence-corrected chi connectivity index (χ3v) is 3.82. The molecule has 1 rings (SSSR count). The minimum Gasteiger partial charge on any atom is -0.478 e. The average molecular weight is 350 g/mol. The Balaban J connectivity index is 2.75. The second kappa shape index (κ2) is 6.16. The highest BCUT2D eigenvalue weighted by Crippen LogP contribution is 2.21. The molecule has 6 nitrogen and oxygen atoms in total. The first-order chi connectivity index (χ1) is 8.69. The summed E-state index contributed by atoms with van der Waals surface area (Å²) < 4.78 is 22.2. The van der Waals surface area contributed by atoms with Crippen molar-refractivity contribution >= 4 is 43.3 Å². The molecule has 0 heterocycles. The molecule has 0 aliphatic carbocycles. The van der Waals surface area contributed by atoms with Crippen LogP contribution in [0.4, 0.5) is 5.69 Å². The molecule has 0 unspecified atom stereocenters. The van der Waals surface area contributed by atoms with Crippen molar-refractivity contribution in [2.24, 2.45) is 0 Å². The van der Waals surface area contributed by atoms with E-state index in [2.05, 4.69) is 21.2 Å². The SMILES string of the molecule is CS(=O)(=O)CCC(=O)Nc1ccc(Br)c(C(=O)O)c1. The lowest BCUT2D eigenvalue weighted by Crippen LogP contribution is -2.16. The van der Waals surface area contributed by atoms with Crippen molar-refractivity contribution in [1.82, 2.24) is 0 Å². The van der Waals surface area contributed by atoms with Crippen LogP contribution in [0.15, 0.2) is 22.7 Å². The maximum atomic E-state index is 11.5. The van der Waals surface area contributed by atoms with E-state index in [0.717, 1.165) is 6.26 Å². The third-order valence-electron chi connectivity index (χ3n) is 2.18. The number of amides is 1. The highest BCUT2D eigenvalue weighted by molar-refractivity contribution is 9.10. The lowest BCUT2D eigenvalue weighted by atomic mass is 10.2. The summed E-state index contributed by atoms with van der Waals surface area (Å²) in [7, 11) is -3.20. The quantitative estimate of drug-likeness (QED) is 0.839. The number of carboxylic acid groups (broad SMARTS) is 1. The fourth-order valence-electron chi connectivity index (χ4n) is 1.27. The van der Waals surface area contributed by atoms with E-state index < -0.39 is 21.7 Å². The van der Waals surface area contributed by atoms with Crippen LogP contribution in [-0.2, 0) is 14.6 Å². The zero-order valence-electron chi connectivity index (χ0n) is 10.0. The molecule has 8 heteroatoms. The Hall–Kier alpha value is -1.41. The average Bonchev–Trinajstić information content (AvgIpc) is 2.28. The zero-order chi connectivity index (χ0) is 14.6. The number of hydrogen-bond donors (Lipinski definition) is 2. The van der Waals surface area contributed by atoms with Crippen molar-refractivity contribution in [3.63, 3.8) is 0 Å². The Morgan fingerprint density at radius 2 is 2.00 bits per heavy atom. The van der Waals surface area contributed by atoms with Crippen LogP contribution >= 0.6 is 15.9 Å². The van der Waals surface area contributed by atoms with E-state index in [1.54, 1.807) is 0 Å². The monoisotopic (exact) mass is 349 g/mol. The van der Waals surface area contributed by atoms with Gasteiger partial charge >= 0.3 is 5.97 Å². The summed E-state index contributed by atoms with van der Waals surface area (Å²) in [4.78, 5) is 22.4. The molecular weight excluding hydrogens is 338 g/mol. The van der Waals surface area contributed by atoms with Gasteiger partial charge in [-0.25, -0.2) is 13.2 Å². The van der Waals surface area contributed by atoms with Gasteiger partial charge in [-0.15, -0.1) is 0 Å². The van der Waals surface area contributed by atoms with Crippen molar-refractivity contribution in [3.05, 3.63) is 28.2 Å². The fraction of sp³-hybridized carbons (Fsp3) is 0.273. The molecule has 0 spiro atoms. The first kappa shape index (κ1) is 15.6. The van der Waals surface area contributed by atoms with Gasteiger partial charge in [0.25, 0.3) is 0 Å². The maximum absolute atomic E-state index is 11.5. The van der Waals surface area contributed by atoms with Gasteiger partial charge in [-0.05, 0) is 34.1 Å². The Morgan fingerprint density at radius 1 is 1.37 bits per heavy atom. The van der Waals surface area contributed by atoms with Crippen LogP contribution < -0.4 is 5.32 Å². The maximum Gasteiger partial charge on any atom is 0.336 e. The van der Waals surface area contributed by atoms with Crippen molar-refractivity contribution in [2.75, 3.05) is 17.3 Å². The van der Waals surface area contributed by atoms with Crippen LogP contribution in [0.25, 0.3) is 0 Å². The van der Waals surface area contributed by atoms with Crippen LogP contribution in [-0.4, -0.2) is 37.4 Å². The van der Waals surface area contributed by atoms with Crippen molar-refractivity contribution in [3.8, 4) is 0 Å². The van der Waals surface area contributed by atoms with Crippen LogP contribution in [0.1, 0.15) is 16.8 Å². The molecule has 19 heavy (non-hydrogen) atoms. The second-order valence-electron chi connectivity index (χ2n) is 3.93. The van der Waals surface area contributed by atoms with Gasteiger partial charge in [0.1, 0.15) is 9.84 Å². The summed E-state index contributed by atoms with van der Waals surface area (Å²) in [6, 6.07) is 4.31. The molecule has 1 aromatic rings. The van der Waals surface area contributed by atoms with E-state index in [1.165, 1.54) is 18.2 Å². The fourth-order valence-corrected chi connectivity index (χ4v) is 2.24. The van der Waals surface area contributed by atoms with E-state index in [4.69, 9.17) is 5.11 Å². The number of hydrogen-bond acceptors (Lipinski definition) is 4. The van der Waals surface area contributed by atoms with E-state index in [9.17, 15) is 18.0 Å². The molecule has 0 saturated carbocycles. The van der Waals surface area contributed by atoms with Crippen LogP contribution in [0.3, 0.4) is 0 Å². The molecular formula is C11H12BrNO5S. The lowest BCUT2D eigenvalue weighted by Gasteiger charge is -2.07. The first-order valence-corrected chi connectivity index (χ1v) is 8.05. The summed E-state index contributed by atoms with van der Waals surface area (Å²) in [6.45, 7) is 0. The summed E-state index contributed by atoms with van der Waals surface area (Å²) in [5.41, 5.74) is 0.319. The van der Waals surface area contributed by atoms with Crippen molar-refractivity contribution in [1.29, 1.82) is 0 Å². The van der Waals surface area contributed by atoms with E-state index in [-0.39, 0.29) is 17.7 Å². The Kier molecular flexibility index (Phi) is 5.07. The third kappa shape index (κ3) is 5.39. The Bertz CT molecular complexity index is 612. The van der Waals surface area contributed by atoms with E-state index in [1.807, 2.05) is 0 Å². The second-order valence-corrected chi connectivity index (χ2v) is 7.04. The summed E-state index contributed by atoms with van der Waals surface area (Å²) in [5.74, 6) is -1.86. The number of rotatable bonds is 5. The van der Waals surface area contributed by atoms with Crippen LogP contribution in [0, 0.1) is 0 Å². The number of halogens is 1. The predicted octanol–water partition coefficient (Wildman–Crippen LogP) is 1.52. The standard InChI is InChI=1S/C11H12BrNO5S/c1-19(17,18)5-4-10(14)13-7-2-3-9(12)8(6-7)11(15)16/h2-3,6H,4-5H2,1H3,(H,13,14)(H,15,16). The van der Waals surface area contributed by atoms with E-state index in [0.29, 0.717) is 10.2 Å². The molecule has 1 amide bonds. The Morgan fingerprint density at radius 3 is 2.53 bits per heavy atom. The lowest BCUT2D eigenvalue weighted by molar-refractivity contribution is -0.115. The molecule has 0 fully saturated rings. The summed E-state index contributed by atoms with van der Waals surface area (Å²) in [6.07, 6.45) is 0.875. The van der Waals surface area contributed by atoms with Gasteiger partial charge in [-0.1, -0.05) is 0 Å². The predicted molar refractivity (Wildman–Crippen MR) is 74.1 cm³/mol. The molecule has 1 aromatic carbocycles. The molecule has 0 atom stereocenters. The molecule has 0 radical (unpaired) electrons. The number of sulfone groups is 1. The Labute approximate surface area is 118 Å². The summed E-state index contributed by atoms with van der Waals surface area (Å²) in [5, 5.41) is 11.4. The number of carboxylic acids is 1. The van der Waals surface area contributed by atoms with Crippen LogP contribution in [0.2, 0.25) is 0 Å². The molecule has 2 N–H and O–H groups in total. The highest BCUT2D eigenvalue weighted by Gasteiger charge is 2.12. The number of carbonyl (C=O) groups is 2. The minimum absolute atomic E-state index is 0.0147. The molecule has 0 bridgehead atoms. The number of anilines is 1. The summed E-state index contributed by atoms with van der Waals surface area (Å²) >= 11 is 3.08. The van der Waals surface area contributed by atoms with E-state index >= 15 is 0 Å². The molecule has 0 aliphatic rings. The number of carbonyl (C=O) groups excluding carboxylic acids is 1. The molecule has 104 valence electrons. The normalized spacial score (nSPS) is 11.1. The van der Waals surface area contributed by atoms with Gasteiger partial charge in [-0.3, -0.25) is 4.79 Å². The van der Waals surface area contributed by atoms with Crippen molar-refractivity contribution < 1.29 is 23.1 Å². The van der Waals surface area contributed by atoms with Gasteiger partial charge in [0.2, 0.25) is 5.91 Å². The first-order valence-electron chi connectivity index (χ1n) is 5.19. The molecule has 0 saturated heterocycles. The number of aromatic carboxylic acids is 1.